The molecule has 0 aliphatic carbocycles. The van der Waals surface area contributed by atoms with Crippen molar-refractivity contribution in [3.05, 3.63) is 59.4 Å². The molecule has 0 bridgehead atoms. The number of rotatable bonds is 6. The Morgan fingerprint density at radius 1 is 1.14 bits per heavy atom. The number of benzene rings is 2. The lowest BCUT2D eigenvalue weighted by Gasteiger charge is -2.08. The third-order valence-electron chi connectivity index (χ3n) is 3.15. The highest BCUT2D eigenvalue weighted by atomic mass is 19.1. The fourth-order valence-corrected chi connectivity index (χ4v) is 1.91. The molecule has 0 aliphatic rings. The highest BCUT2D eigenvalue weighted by molar-refractivity contribution is 5.94. The number of carbonyl (C=O) groups excluding carboxylic acids is 1. The Bertz CT molecular complexity index is 620. The fraction of sp³-hybridized carbons (Fsp3) is 0.235. The predicted molar refractivity (Wildman–Crippen MR) is 78.6 cm³/mol. The maximum atomic E-state index is 13.7. The zero-order valence-electron chi connectivity index (χ0n) is 12.1. The molecule has 0 radical (unpaired) electrons. The van der Waals surface area contributed by atoms with E-state index in [9.17, 15) is 9.18 Å². The van der Waals surface area contributed by atoms with Gasteiger partial charge in [0.15, 0.2) is 17.3 Å². The van der Waals surface area contributed by atoms with E-state index in [4.69, 9.17) is 9.47 Å². The lowest BCUT2D eigenvalue weighted by molar-refractivity contribution is 0.101. The number of halogens is 1. The molecule has 21 heavy (non-hydrogen) atoms. The second kappa shape index (κ2) is 6.88. The summed E-state index contributed by atoms with van der Waals surface area (Å²) in [5.74, 6) is 0.273. The number of hydrogen-bond acceptors (Lipinski definition) is 3. The first-order valence-corrected chi connectivity index (χ1v) is 6.66. The van der Waals surface area contributed by atoms with Gasteiger partial charge in [-0.15, -0.1) is 0 Å². The SMILES string of the molecule is COc1ccc(CCOc2ccc(C(C)=O)cc2F)cc1. The minimum Gasteiger partial charge on any atom is -0.497 e. The highest BCUT2D eigenvalue weighted by Gasteiger charge is 2.07. The Morgan fingerprint density at radius 3 is 2.43 bits per heavy atom. The van der Waals surface area contributed by atoms with Crippen molar-refractivity contribution >= 4 is 5.78 Å². The molecular weight excluding hydrogens is 271 g/mol. The van der Waals surface area contributed by atoms with Crippen LogP contribution in [-0.2, 0) is 6.42 Å². The number of ether oxygens (including phenoxy) is 2. The van der Waals surface area contributed by atoms with Crippen LogP contribution >= 0.6 is 0 Å². The molecule has 0 heterocycles. The Morgan fingerprint density at radius 2 is 1.86 bits per heavy atom. The van der Waals surface area contributed by atoms with Crippen LogP contribution in [0.15, 0.2) is 42.5 Å². The van der Waals surface area contributed by atoms with Gasteiger partial charge in [0, 0.05) is 12.0 Å². The summed E-state index contributed by atoms with van der Waals surface area (Å²) >= 11 is 0. The van der Waals surface area contributed by atoms with Gasteiger partial charge in [-0.1, -0.05) is 12.1 Å². The van der Waals surface area contributed by atoms with Crippen molar-refractivity contribution in [2.45, 2.75) is 13.3 Å². The van der Waals surface area contributed by atoms with Crippen LogP contribution in [0.25, 0.3) is 0 Å². The van der Waals surface area contributed by atoms with E-state index in [1.54, 1.807) is 13.2 Å². The highest BCUT2D eigenvalue weighted by Crippen LogP contribution is 2.19. The molecule has 2 aromatic carbocycles. The summed E-state index contributed by atoms with van der Waals surface area (Å²) < 4.78 is 24.2. The number of ketones is 1. The Kier molecular flexibility index (Phi) is 4.93. The second-order valence-electron chi connectivity index (χ2n) is 4.65. The summed E-state index contributed by atoms with van der Waals surface area (Å²) in [5, 5.41) is 0. The van der Waals surface area contributed by atoms with Crippen LogP contribution in [0.4, 0.5) is 4.39 Å². The quantitative estimate of drug-likeness (QED) is 0.761. The van der Waals surface area contributed by atoms with Crippen molar-refractivity contribution in [2.24, 2.45) is 0 Å². The summed E-state index contributed by atoms with van der Waals surface area (Å²) in [6, 6.07) is 11.9. The molecule has 110 valence electrons. The van der Waals surface area contributed by atoms with Crippen LogP contribution in [0.1, 0.15) is 22.8 Å². The van der Waals surface area contributed by atoms with Gasteiger partial charge in [0.05, 0.1) is 13.7 Å². The van der Waals surface area contributed by atoms with E-state index < -0.39 is 5.82 Å². The van der Waals surface area contributed by atoms with Crippen molar-refractivity contribution in [1.82, 2.24) is 0 Å². The summed E-state index contributed by atoms with van der Waals surface area (Å²) in [5.41, 5.74) is 1.42. The van der Waals surface area contributed by atoms with E-state index in [1.165, 1.54) is 19.1 Å². The van der Waals surface area contributed by atoms with Gasteiger partial charge in [-0.2, -0.15) is 0 Å². The van der Waals surface area contributed by atoms with Gasteiger partial charge in [-0.25, -0.2) is 4.39 Å². The summed E-state index contributed by atoms with van der Waals surface area (Å²) in [7, 11) is 1.62. The molecule has 0 amide bonds. The van der Waals surface area contributed by atoms with Gasteiger partial charge in [0.25, 0.3) is 0 Å². The molecule has 4 heteroatoms. The Hall–Kier alpha value is -2.36. The molecule has 3 nitrogen and oxygen atoms in total. The zero-order valence-corrected chi connectivity index (χ0v) is 12.1. The number of hydrogen-bond donors (Lipinski definition) is 0. The maximum Gasteiger partial charge on any atom is 0.165 e. The first-order valence-electron chi connectivity index (χ1n) is 6.66. The van der Waals surface area contributed by atoms with Crippen molar-refractivity contribution in [3.63, 3.8) is 0 Å². The van der Waals surface area contributed by atoms with Gasteiger partial charge >= 0.3 is 0 Å². The molecule has 0 spiro atoms. The van der Waals surface area contributed by atoms with E-state index in [0.717, 1.165) is 11.3 Å². The third kappa shape index (κ3) is 4.05. The van der Waals surface area contributed by atoms with Crippen molar-refractivity contribution in [3.8, 4) is 11.5 Å². The first-order chi connectivity index (χ1) is 10.1. The van der Waals surface area contributed by atoms with Crippen LogP contribution in [0.2, 0.25) is 0 Å². The molecular formula is C17H17FO3. The predicted octanol–water partition coefficient (Wildman–Crippen LogP) is 3.66. The molecule has 0 atom stereocenters. The summed E-state index contributed by atoms with van der Waals surface area (Å²) in [6.07, 6.45) is 0.665. The van der Waals surface area contributed by atoms with Crippen LogP contribution in [0.5, 0.6) is 11.5 Å². The molecule has 0 saturated heterocycles. The molecule has 0 saturated carbocycles. The molecule has 2 aromatic rings. The van der Waals surface area contributed by atoms with Gasteiger partial charge in [-0.05, 0) is 42.8 Å². The average Bonchev–Trinajstić information content (AvgIpc) is 2.49. The summed E-state index contributed by atoms with van der Waals surface area (Å²) in [4.78, 5) is 11.1. The molecule has 0 unspecified atom stereocenters. The average molecular weight is 288 g/mol. The van der Waals surface area contributed by atoms with Crippen LogP contribution in [0, 0.1) is 5.82 Å². The van der Waals surface area contributed by atoms with Crippen molar-refractivity contribution in [1.29, 1.82) is 0 Å². The molecule has 0 fully saturated rings. The van der Waals surface area contributed by atoms with Gasteiger partial charge in [0.2, 0.25) is 0 Å². The Labute approximate surface area is 123 Å². The third-order valence-corrected chi connectivity index (χ3v) is 3.15. The first kappa shape index (κ1) is 15.0. The van der Waals surface area contributed by atoms with Crippen LogP contribution in [0.3, 0.4) is 0 Å². The minimum absolute atomic E-state index is 0.161. The monoisotopic (exact) mass is 288 g/mol. The van der Waals surface area contributed by atoms with Crippen LogP contribution < -0.4 is 9.47 Å². The largest absolute Gasteiger partial charge is 0.497 e. The van der Waals surface area contributed by atoms with Crippen molar-refractivity contribution < 1.29 is 18.7 Å². The van der Waals surface area contributed by atoms with Gasteiger partial charge in [0.1, 0.15) is 5.75 Å². The molecule has 0 aromatic heterocycles. The normalized spacial score (nSPS) is 10.2. The maximum absolute atomic E-state index is 13.7. The lowest BCUT2D eigenvalue weighted by atomic mass is 10.1. The van der Waals surface area contributed by atoms with Gasteiger partial charge in [-0.3, -0.25) is 4.79 Å². The van der Waals surface area contributed by atoms with Gasteiger partial charge < -0.3 is 9.47 Å². The summed E-state index contributed by atoms with van der Waals surface area (Å²) in [6.45, 7) is 1.77. The smallest absolute Gasteiger partial charge is 0.165 e. The number of Topliss-reactive ketones (excluding diaryl/α,β-unsaturated/α-hetero) is 1. The molecule has 2 rings (SSSR count). The Balaban J connectivity index is 1.92. The zero-order chi connectivity index (χ0) is 15.2. The fourth-order valence-electron chi connectivity index (χ4n) is 1.91. The van der Waals surface area contributed by atoms with Crippen LogP contribution in [-0.4, -0.2) is 19.5 Å². The molecule has 0 N–H and O–H groups in total. The lowest BCUT2D eigenvalue weighted by Crippen LogP contribution is -2.03. The second-order valence-corrected chi connectivity index (χ2v) is 4.65. The van der Waals surface area contributed by atoms with E-state index >= 15 is 0 Å². The van der Waals surface area contributed by atoms with E-state index in [0.29, 0.717) is 18.6 Å². The standard InChI is InChI=1S/C17H17FO3/c1-12(19)14-5-8-17(16(18)11-14)21-10-9-13-3-6-15(20-2)7-4-13/h3-8,11H,9-10H2,1-2H3. The minimum atomic E-state index is -0.516. The van der Waals surface area contributed by atoms with Crippen molar-refractivity contribution in [2.75, 3.05) is 13.7 Å². The van der Waals surface area contributed by atoms with E-state index in [2.05, 4.69) is 0 Å². The topological polar surface area (TPSA) is 35.5 Å². The van der Waals surface area contributed by atoms with E-state index in [-0.39, 0.29) is 11.5 Å². The molecule has 0 aliphatic heterocycles. The number of carbonyl (C=O) groups is 1. The number of methoxy groups -OCH3 is 1. The van der Waals surface area contributed by atoms with E-state index in [1.807, 2.05) is 24.3 Å².